The molecule has 1 heterocycles. The van der Waals surface area contributed by atoms with Gasteiger partial charge in [0.05, 0.1) is 0 Å². The number of rotatable bonds is 4. The molecule has 0 spiro atoms. The third-order valence-corrected chi connectivity index (χ3v) is 3.93. The van der Waals surface area contributed by atoms with Gasteiger partial charge in [0.1, 0.15) is 5.69 Å². The van der Waals surface area contributed by atoms with Crippen LogP contribution in [0.15, 0.2) is 53.9 Å². The molecule has 3 aromatic rings. The Morgan fingerprint density at radius 1 is 1.00 bits per heavy atom. The van der Waals surface area contributed by atoms with Crippen molar-refractivity contribution in [1.82, 2.24) is 9.59 Å². The first-order valence-corrected chi connectivity index (χ1v) is 8.28. The molecule has 126 valence electrons. The van der Waals surface area contributed by atoms with Crippen molar-refractivity contribution < 1.29 is 9.59 Å². The molecule has 0 bridgehead atoms. The molecular weight excluding hydrogens is 338 g/mol. The molecule has 0 radical (unpaired) electrons. The van der Waals surface area contributed by atoms with Crippen molar-refractivity contribution in [3.63, 3.8) is 0 Å². The van der Waals surface area contributed by atoms with Crippen LogP contribution in [0.3, 0.4) is 0 Å². The number of amides is 2. The molecule has 8 heteroatoms. The first-order chi connectivity index (χ1) is 12.2. The number of anilines is 2. The monoisotopic (exact) mass is 353 g/mol. The van der Waals surface area contributed by atoms with Crippen LogP contribution in [0.4, 0.5) is 11.4 Å². The molecule has 3 rings (SSSR count). The zero-order valence-corrected chi connectivity index (χ0v) is 13.9. The van der Waals surface area contributed by atoms with E-state index in [1.165, 1.54) is 11.5 Å². The molecule has 0 saturated heterocycles. The van der Waals surface area contributed by atoms with Gasteiger partial charge in [0, 0.05) is 28.9 Å². The summed E-state index contributed by atoms with van der Waals surface area (Å²) >= 11 is 1.27. The molecule has 0 aliphatic carbocycles. The average molecular weight is 353 g/mol. The number of nitrogens with one attached hydrogen (secondary N) is 2. The van der Waals surface area contributed by atoms with Crippen molar-refractivity contribution in [2.45, 2.75) is 6.54 Å². The van der Waals surface area contributed by atoms with E-state index in [4.69, 9.17) is 5.73 Å². The summed E-state index contributed by atoms with van der Waals surface area (Å²) < 4.78 is 3.81. The molecule has 0 aliphatic rings. The summed E-state index contributed by atoms with van der Waals surface area (Å²) in [6.07, 6.45) is 0. The smallest absolute Gasteiger partial charge is 0.314 e. The molecule has 4 N–H and O–H groups in total. The lowest BCUT2D eigenvalue weighted by Gasteiger charge is -2.08. The fourth-order valence-electron chi connectivity index (χ4n) is 2.17. The van der Waals surface area contributed by atoms with Crippen molar-refractivity contribution in [3.05, 3.63) is 59.5 Å². The van der Waals surface area contributed by atoms with Gasteiger partial charge in [0.25, 0.3) is 0 Å². The Hall–Kier alpha value is -3.10. The van der Waals surface area contributed by atoms with Crippen LogP contribution in [0.25, 0.3) is 11.3 Å². The molecule has 0 unspecified atom stereocenters. The highest BCUT2D eigenvalue weighted by Crippen LogP contribution is 2.20. The highest BCUT2D eigenvalue weighted by molar-refractivity contribution is 7.03. The maximum atomic E-state index is 12.0. The third kappa shape index (κ3) is 4.25. The molecule has 0 aliphatic heterocycles. The molecule has 25 heavy (non-hydrogen) atoms. The van der Waals surface area contributed by atoms with Crippen LogP contribution in [0.5, 0.6) is 0 Å². The van der Waals surface area contributed by atoms with Gasteiger partial charge >= 0.3 is 11.8 Å². The second-order valence-corrected chi connectivity index (χ2v) is 5.79. The Kier molecular flexibility index (Phi) is 5.12. The lowest BCUT2D eigenvalue weighted by molar-refractivity contribution is -0.132. The van der Waals surface area contributed by atoms with Gasteiger partial charge in [-0.05, 0) is 41.4 Å². The number of nitrogens with two attached hydrogens (primary N) is 1. The van der Waals surface area contributed by atoms with E-state index >= 15 is 0 Å². The lowest BCUT2D eigenvalue weighted by atomic mass is 10.1. The topological polar surface area (TPSA) is 110 Å². The predicted molar refractivity (Wildman–Crippen MR) is 96.9 cm³/mol. The third-order valence-electron chi connectivity index (χ3n) is 3.43. The van der Waals surface area contributed by atoms with Crippen molar-refractivity contribution in [1.29, 1.82) is 0 Å². The summed E-state index contributed by atoms with van der Waals surface area (Å²) in [5.41, 5.74) is 9.11. The maximum Gasteiger partial charge on any atom is 0.314 e. The summed E-state index contributed by atoms with van der Waals surface area (Å²) in [5.74, 6) is -1.50. The Bertz CT molecular complexity index is 878. The Morgan fingerprint density at radius 3 is 2.36 bits per heavy atom. The van der Waals surface area contributed by atoms with Crippen LogP contribution in [0, 0.1) is 0 Å². The molecule has 0 saturated carbocycles. The molecule has 2 aromatic carbocycles. The van der Waals surface area contributed by atoms with Crippen LogP contribution < -0.4 is 16.4 Å². The second-order valence-electron chi connectivity index (χ2n) is 5.18. The zero-order chi connectivity index (χ0) is 17.6. The standard InChI is InChI=1S/C17H15N5O2S/c18-9-11-2-1-3-14(8-11)20-17(24)16(23)19-13-6-4-12(5-7-13)15-10-25-22-21-15/h1-8,10H,9,18H2,(H,19,23)(H,20,24). The number of carbonyl (C=O) groups is 2. The van der Waals surface area contributed by atoms with Crippen molar-refractivity contribution in [2.24, 2.45) is 5.73 Å². The number of hydrogen-bond acceptors (Lipinski definition) is 6. The molecule has 1 aromatic heterocycles. The first kappa shape index (κ1) is 16.7. The highest BCUT2D eigenvalue weighted by atomic mass is 32.1. The second kappa shape index (κ2) is 7.65. The van der Waals surface area contributed by atoms with E-state index in [0.29, 0.717) is 17.9 Å². The van der Waals surface area contributed by atoms with E-state index in [-0.39, 0.29) is 0 Å². The van der Waals surface area contributed by atoms with E-state index in [0.717, 1.165) is 16.8 Å². The fraction of sp³-hybridized carbons (Fsp3) is 0.0588. The number of benzene rings is 2. The van der Waals surface area contributed by atoms with Gasteiger partial charge in [0.15, 0.2) is 0 Å². The summed E-state index contributed by atoms with van der Waals surface area (Å²) in [5, 5.41) is 10.9. The minimum atomic E-state index is -0.749. The van der Waals surface area contributed by atoms with Crippen LogP contribution in [-0.4, -0.2) is 21.4 Å². The van der Waals surface area contributed by atoms with Gasteiger partial charge in [-0.25, -0.2) is 0 Å². The van der Waals surface area contributed by atoms with Gasteiger partial charge < -0.3 is 16.4 Å². The van der Waals surface area contributed by atoms with Gasteiger partial charge in [-0.3, -0.25) is 9.59 Å². The Labute approximate surface area is 148 Å². The minimum Gasteiger partial charge on any atom is -0.326 e. The van der Waals surface area contributed by atoms with E-state index in [9.17, 15) is 9.59 Å². The summed E-state index contributed by atoms with van der Waals surface area (Å²) in [6, 6.07) is 14.0. The van der Waals surface area contributed by atoms with E-state index in [1.807, 2.05) is 11.4 Å². The van der Waals surface area contributed by atoms with E-state index < -0.39 is 11.8 Å². The lowest BCUT2D eigenvalue weighted by Crippen LogP contribution is -2.29. The SMILES string of the molecule is NCc1cccc(NC(=O)C(=O)Nc2ccc(-c3csnn3)cc2)c1. The predicted octanol–water partition coefficient (Wildman–Crippen LogP) is 2.24. The van der Waals surface area contributed by atoms with E-state index in [1.54, 1.807) is 42.5 Å². The number of nitrogens with zero attached hydrogens (tertiary/aromatic N) is 2. The van der Waals surface area contributed by atoms with Gasteiger partial charge in [0.2, 0.25) is 0 Å². The van der Waals surface area contributed by atoms with Crippen molar-refractivity contribution in [2.75, 3.05) is 10.6 Å². The number of aromatic nitrogens is 2. The highest BCUT2D eigenvalue weighted by Gasteiger charge is 2.14. The fourth-order valence-corrected chi connectivity index (χ4v) is 2.63. The Morgan fingerprint density at radius 2 is 1.72 bits per heavy atom. The van der Waals surface area contributed by atoms with Gasteiger partial charge in [-0.15, -0.1) is 5.10 Å². The van der Waals surface area contributed by atoms with Crippen LogP contribution in [-0.2, 0) is 16.1 Å². The number of hydrogen-bond donors (Lipinski definition) is 3. The number of carbonyl (C=O) groups excluding carboxylic acids is 2. The van der Waals surface area contributed by atoms with Gasteiger partial charge in [-0.2, -0.15) is 0 Å². The van der Waals surface area contributed by atoms with Crippen molar-refractivity contribution >= 4 is 34.7 Å². The Balaban J connectivity index is 1.62. The summed E-state index contributed by atoms with van der Waals surface area (Å²) in [7, 11) is 0. The van der Waals surface area contributed by atoms with Crippen LogP contribution in [0.1, 0.15) is 5.56 Å². The van der Waals surface area contributed by atoms with E-state index in [2.05, 4.69) is 20.2 Å². The maximum absolute atomic E-state index is 12.0. The largest absolute Gasteiger partial charge is 0.326 e. The molecule has 2 amide bonds. The molecule has 7 nitrogen and oxygen atoms in total. The zero-order valence-electron chi connectivity index (χ0n) is 13.1. The van der Waals surface area contributed by atoms with Crippen molar-refractivity contribution in [3.8, 4) is 11.3 Å². The minimum absolute atomic E-state index is 0.358. The van der Waals surface area contributed by atoms with Crippen LogP contribution in [0.2, 0.25) is 0 Å². The summed E-state index contributed by atoms with van der Waals surface area (Å²) in [4.78, 5) is 24.0. The first-order valence-electron chi connectivity index (χ1n) is 7.44. The summed E-state index contributed by atoms with van der Waals surface area (Å²) in [6.45, 7) is 0.358. The van der Waals surface area contributed by atoms with Crippen LogP contribution >= 0.6 is 11.5 Å². The quantitative estimate of drug-likeness (QED) is 0.623. The average Bonchev–Trinajstić information content (AvgIpc) is 3.17. The molecule has 0 fully saturated rings. The molecule has 0 atom stereocenters. The molecular formula is C17H15N5O2S. The normalized spacial score (nSPS) is 10.3. The van der Waals surface area contributed by atoms with Gasteiger partial charge in [-0.1, -0.05) is 28.8 Å².